The zero-order valence-electron chi connectivity index (χ0n) is 15.2. The van der Waals surface area contributed by atoms with Crippen LogP contribution in [0.5, 0.6) is 0 Å². The largest absolute Gasteiger partial charge is 1.00 e. The average Bonchev–Trinajstić information content (AvgIpc) is 2.67. The zero-order chi connectivity index (χ0) is 19.2. The van der Waals surface area contributed by atoms with E-state index >= 15 is 0 Å². The summed E-state index contributed by atoms with van der Waals surface area (Å²) in [6.45, 7) is 1.95. The molecular formula is C20H22ClN3O4. The third kappa shape index (κ3) is 5.09. The van der Waals surface area contributed by atoms with Crippen molar-refractivity contribution in [3.05, 3.63) is 58.3 Å². The summed E-state index contributed by atoms with van der Waals surface area (Å²) in [4.78, 5) is 35.6. The standard InChI is InChI=1S/C20H21N3O4.ClH/c21-18(24)8-11-22-9-3-10-23-20(26)13-6-7-17-15(12-13)19(25)14-4-1-2-5-16(14)27-17;/h1-2,4-7,12,22H,3,8-11H2,(H2,21,24)(H,23,26);1H. The molecule has 0 fully saturated rings. The number of quaternary nitrogens is 1. The molecule has 1 heterocycles. The number of rotatable bonds is 8. The van der Waals surface area contributed by atoms with E-state index < -0.39 is 0 Å². The number of primary amides is 1. The maximum atomic E-state index is 12.6. The molecule has 3 rings (SSSR count). The van der Waals surface area contributed by atoms with Gasteiger partial charge in [0.15, 0.2) is 0 Å². The molecule has 0 saturated carbocycles. The van der Waals surface area contributed by atoms with Crippen molar-refractivity contribution in [2.24, 2.45) is 5.73 Å². The minimum atomic E-state index is -0.312. The Hall–Kier alpha value is -2.90. The SMILES string of the molecule is NC(=O)CC[NH2+]CCCNC(=O)c1ccc2oc3ccccc3c(=O)c2c1.[Cl-]. The van der Waals surface area contributed by atoms with Gasteiger partial charge in [-0.15, -0.1) is 0 Å². The highest BCUT2D eigenvalue weighted by Crippen LogP contribution is 2.19. The number of para-hydroxylation sites is 1. The smallest absolute Gasteiger partial charge is 0.251 e. The Morgan fingerprint density at radius 2 is 1.79 bits per heavy atom. The molecule has 0 saturated heterocycles. The number of fused-ring (bicyclic) bond motifs is 2. The lowest BCUT2D eigenvalue weighted by molar-refractivity contribution is -0.653. The van der Waals surface area contributed by atoms with Crippen molar-refractivity contribution in [2.45, 2.75) is 12.8 Å². The van der Waals surface area contributed by atoms with Crippen molar-refractivity contribution >= 4 is 33.8 Å². The molecule has 0 atom stereocenters. The quantitative estimate of drug-likeness (QED) is 0.285. The van der Waals surface area contributed by atoms with Gasteiger partial charge in [0.1, 0.15) is 11.2 Å². The summed E-state index contributed by atoms with van der Waals surface area (Å²) in [6.07, 6.45) is 1.12. The molecule has 7 nitrogen and oxygen atoms in total. The molecule has 2 aromatic carbocycles. The van der Waals surface area contributed by atoms with E-state index in [-0.39, 0.29) is 29.7 Å². The van der Waals surface area contributed by atoms with E-state index in [1.165, 1.54) is 0 Å². The van der Waals surface area contributed by atoms with Crippen molar-refractivity contribution < 1.29 is 31.7 Å². The second-order valence-corrected chi connectivity index (χ2v) is 6.33. The summed E-state index contributed by atoms with van der Waals surface area (Å²) in [7, 11) is 0. The van der Waals surface area contributed by atoms with Gasteiger partial charge >= 0.3 is 0 Å². The van der Waals surface area contributed by atoms with Crippen LogP contribution < -0.4 is 34.2 Å². The van der Waals surface area contributed by atoms with Crippen LogP contribution in [-0.2, 0) is 4.79 Å². The maximum Gasteiger partial charge on any atom is 0.251 e. The van der Waals surface area contributed by atoms with E-state index in [9.17, 15) is 14.4 Å². The fraction of sp³-hybridized carbons (Fsp3) is 0.250. The van der Waals surface area contributed by atoms with Crippen LogP contribution in [0.4, 0.5) is 0 Å². The van der Waals surface area contributed by atoms with Crippen molar-refractivity contribution in [1.29, 1.82) is 0 Å². The van der Waals surface area contributed by atoms with Crippen LogP contribution in [-0.4, -0.2) is 31.4 Å². The zero-order valence-corrected chi connectivity index (χ0v) is 16.0. The van der Waals surface area contributed by atoms with Gasteiger partial charge in [-0.2, -0.15) is 0 Å². The van der Waals surface area contributed by atoms with E-state index in [0.29, 0.717) is 47.0 Å². The van der Waals surface area contributed by atoms with Crippen LogP contribution in [0.2, 0.25) is 0 Å². The highest BCUT2D eigenvalue weighted by atomic mass is 35.5. The van der Waals surface area contributed by atoms with E-state index in [0.717, 1.165) is 13.0 Å². The number of halogens is 1. The Kier molecular flexibility index (Phi) is 7.54. The Labute approximate surface area is 167 Å². The molecule has 148 valence electrons. The summed E-state index contributed by atoms with van der Waals surface area (Å²) in [5.74, 6) is -0.547. The molecule has 0 aliphatic rings. The molecule has 1 aromatic heterocycles. The first-order valence-electron chi connectivity index (χ1n) is 8.90. The van der Waals surface area contributed by atoms with Gasteiger partial charge in [0.05, 0.1) is 30.3 Å². The van der Waals surface area contributed by atoms with Gasteiger partial charge in [-0.1, -0.05) is 12.1 Å². The van der Waals surface area contributed by atoms with Gasteiger partial charge in [-0.05, 0) is 30.3 Å². The normalized spacial score (nSPS) is 10.6. The van der Waals surface area contributed by atoms with Gasteiger partial charge in [-0.25, -0.2) is 0 Å². The summed E-state index contributed by atoms with van der Waals surface area (Å²) in [5.41, 5.74) is 6.33. The summed E-state index contributed by atoms with van der Waals surface area (Å²) in [6, 6.07) is 11.9. The van der Waals surface area contributed by atoms with Crippen LogP contribution in [0.15, 0.2) is 51.7 Å². The van der Waals surface area contributed by atoms with E-state index in [4.69, 9.17) is 10.2 Å². The average molecular weight is 404 g/mol. The van der Waals surface area contributed by atoms with Gasteiger partial charge in [0, 0.05) is 18.5 Å². The Bertz CT molecular complexity index is 1050. The lowest BCUT2D eigenvalue weighted by Gasteiger charge is -2.06. The first-order valence-corrected chi connectivity index (χ1v) is 8.90. The number of amides is 2. The van der Waals surface area contributed by atoms with E-state index in [1.807, 2.05) is 11.4 Å². The predicted molar refractivity (Wildman–Crippen MR) is 102 cm³/mol. The molecule has 0 bridgehead atoms. The van der Waals surface area contributed by atoms with Crippen molar-refractivity contribution in [3.63, 3.8) is 0 Å². The molecule has 0 aliphatic heterocycles. The van der Waals surface area contributed by atoms with Gasteiger partial charge < -0.3 is 33.2 Å². The van der Waals surface area contributed by atoms with Gasteiger partial charge in [0.25, 0.3) is 5.91 Å². The van der Waals surface area contributed by atoms with Crippen LogP contribution in [0.3, 0.4) is 0 Å². The first kappa shape index (κ1) is 21.4. The number of nitrogens with two attached hydrogens (primary N) is 2. The van der Waals surface area contributed by atoms with Crippen LogP contribution in [0.25, 0.3) is 21.9 Å². The number of nitrogens with one attached hydrogen (secondary N) is 1. The van der Waals surface area contributed by atoms with Crippen LogP contribution >= 0.6 is 0 Å². The molecule has 5 N–H and O–H groups in total. The maximum absolute atomic E-state index is 12.6. The van der Waals surface area contributed by atoms with Crippen molar-refractivity contribution in [3.8, 4) is 0 Å². The predicted octanol–water partition coefficient (Wildman–Crippen LogP) is -2.49. The Balaban J connectivity index is 0.00000280. The van der Waals surface area contributed by atoms with Crippen LogP contribution in [0.1, 0.15) is 23.2 Å². The minimum absolute atomic E-state index is 0. The van der Waals surface area contributed by atoms with E-state index in [2.05, 4.69) is 5.32 Å². The monoisotopic (exact) mass is 403 g/mol. The second-order valence-electron chi connectivity index (χ2n) is 6.33. The van der Waals surface area contributed by atoms with Crippen molar-refractivity contribution in [1.82, 2.24) is 5.32 Å². The van der Waals surface area contributed by atoms with Gasteiger partial charge in [0.2, 0.25) is 11.3 Å². The highest BCUT2D eigenvalue weighted by molar-refractivity contribution is 5.99. The summed E-state index contributed by atoms with van der Waals surface area (Å²) < 4.78 is 5.75. The minimum Gasteiger partial charge on any atom is -1.00 e. The second kappa shape index (κ2) is 9.87. The molecule has 0 aliphatic carbocycles. The van der Waals surface area contributed by atoms with Crippen LogP contribution in [0, 0.1) is 0 Å². The number of benzene rings is 2. The lowest BCUT2D eigenvalue weighted by Crippen LogP contribution is -3.00. The van der Waals surface area contributed by atoms with Gasteiger partial charge in [-0.3, -0.25) is 14.4 Å². The number of carbonyl (C=O) groups excluding carboxylic acids is 2. The van der Waals surface area contributed by atoms with E-state index in [1.54, 1.807) is 36.4 Å². The molecule has 3 aromatic rings. The first-order chi connectivity index (χ1) is 13.1. The highest BCUT2D eigenvalue weighted by Gasteiger charge is 2.11. The topological polar surface area (TPSA) is 119 Å². The molecule has 0 spiro atoms. The molecule has 28 heavy (non-hydrogen) atoms. The third-order valence-corrected chi connectivity index (χ3v) is 4.30. The lowest BCUT2D eigenvalue weighted by atomic mass is 10.1. The fourth-order valence-corrected chi connectivity index (χ4v) is 2.88. The fourth-order valence-electron chi connectivity index (χ4n) is 2.88. The third-order valence-electron chi connectivity index (χ3n) is 4.30. The molecule has 8 heteroatoms. The summed E-state index contributed by atoms with van der Waals surface area (Å²) >= 11 is 0. The summed E-state index contributed by atoms with van der Waals surface area (Å²) in [5, 5.41) is 5.71. The number of hydrogen-bond acceptors (Lipinski definition) is 4. The Morgan fingerprint density at radius 3 is 2.57 bits per heavy atom. The Morgan fingerprint density at radius 1 is 1.04 bits per heavy atom. The number of carbonyl (C=O) groups is 2. The molecular weight excluding hydrogens is 382 g/mol. The molecule has 0 radical (unpaired) electrons. The number of hydrogen-bond donors (Lipinski definition) is 3. The van der Waals surface area contributed by atoms with Crippen molar-refractivity contribution in [2.75, 3.05) is 19.6 Å². The molecule has 0 unspecified atom stereocenters. The molecule has 2 amide bonds.